The molecule has 0 unspecified atom stereocenters. The number of nitriles is 1. The summed E-state index contributed by atoms with van der Waals surface area (Å²) >= 11 is 5.91. The van der Waals surface area contributed by atoms with Crippen molar-refractivity contribution in [1.29, 1.82) is 5.26 Å². The van der Waals surface area contributed by atoms with Crippen LogP contribution in [0.3, 0.4) is 0 Å². The van der Waals surface area contributed by atoms with E-state index in [1.807, 2.05) is 6.07 Å². The standard InChI is InChI=1S/C17H14ClN3O4/c1-10-3-6-16(15(7-10)21(23)24)25-11(2)17(22)20-13-5-4-12(9-19)14(18)8-13/h3-8,11H,1-2H3,(H,20,22)/t11-/m1/s1. The lowest BCUT2D eigenvalue weighted by Gasteiger charge is -2.15. The van der Waals surface area contributed by atoms with Gasteiger partial charge in [0.15, 0.2) is 11.9 Å². The third-order valence-electron chi connectivity index (χ3n) is 3.34. The van der Waals surface area contributed by atoms with Gasteiger partial charge in [-0.25, -0.2) is 0 Å². The van der Waals surface area contributed by atoms with Gasteiger partial charge in [-0.2, -0.15) is 5.26 Å². The number of anilines is 1. The van der Waals surface area contributed by atoms with Gasteiger partial charge in [0.25, 0.3) is 5.91 Å². The van der Waals surface area contributed by atoms with Crippen LogP contribution >= 0.6 is 11.6 Å². The summed E-state index contributed by atoms with van der Waals surface area (Å²) in [5.41, 5.74) is 1.19. The average molecular weight is 360 g/mol. The monoisotopic (exact) mass is 359 g/mol. The average Bonchev–Trinajstić information content (AvgIpc) is 2.56. The molecule has 0 radical (unpaired) electrons. The summed E-state index contributed by atoms with van der Waals surface area (Å²) < 4.78 is 5.43. The van der Waals surface area contributed by atoms with E-state index >= 15 is 0 Å². The Bertz CT molecular complexity index is 877. The van der Waals surface area contributed by atoms with E-state index in [1.165, 1.54) is 37.3 Å². The molecule has 0 spiro atoms. The molecule has 128 valence electrons. The number of carbonyl (C=O) groups excluding carboxylic acids is 1. The van der Waals surface area contributed by atoms with Crippen molar-refractivity contribution in [3.63, 3.8) is 0 Å². The minimum Gasteiger partial charge on any atom is -0.474 e. The van der Waals surface area contributed by atoms with Crippen molar-refractivity contribution >= 4 is 28.9 Å². The van der Waals surface area contributed by atoms with E-state index in [9.17, 15) is 14.9 Å². The summed E-state index contributed by atoms with van der Waals surface area (Å²) in [6, 6.07) is 10.9. The highest BCUT2D eigenvalue weighted by molar-refractivity contribution is 6.32. The first kappa shape index (κ1) is 18.2. The van der Waals surface area contributed by atoms with E-state index in [0.717, 1.165) is 0 Å². The number of amides is 1. The molecule has 0 saturated carbocycles. The summed E-state index contributed by atoms with van der Waals surface area (Å²) in [6.07, 6.45) is -0.976. The van der Waals surface area contributed by atoms with E-state index in [-0.39, 0.29) is 16.5 Å². The quantitative estimate of drug-likeness (QED) is 0.645. The molecule has 0 aromatic heterocycles. The number of ether oxygens (including phenoxy) is 1. The normalized spacial score (nSPS) is 11.3. The Morgan fingerprint density at radius 1 is 1.36 bits per heavy atom. The zero-order valence-electron chi connectivity index (χ0n) is 13.4. The number of aryl methyl sites for hydroxylation is 1. The van der Waals surface area contributed by atoms with Crippen molar-refractivity contribution in [2.45, 2.75) is 20.0 Å². The molecular formula is C17H14ClN3O4. The van der Waals surface area contributed by atoms with Crippen LogP contribution in [0.1, 0.15) is 18.1 Å². The van der Waals surface area contributed by atoms with E-state index in [4.69, 9.17) is 21.6 Å². The van der Waals surface area contributed by atoms with Gasteiger partial charge in [-0.05, 0) is 43.7 Å². The number of benzene rings is 2. The molecule has 1 N–H and O–H groups in total. The molecule has 1 atom stereocenters. The van der Waals surface area contributed by atoms with Crippen LogP contribution < -0.4 is 10.1 Å². The Balaban J connectivity index is 2.12. The molecule has 1 amide bonds. The van der Waals surface area contributed by atoms with Crippen molar-refractivity contribution in [3.8, 4) is 11.8 Å². The fraction of sp³-hybridized carbons (Fsp3) is 0.176. The molecule has 0 fully saturated rings. The zero-order chi connectivity index (χ0) is 18.6. The fourth-order valence-corrected chi connectivity index (χ4v) is 2.26. The van der Waals surface area contributed by atoms with Gasteiger partial charge in [0.1, 0.15) is 6.07 Å². The lowest BCUT2D eigenvalue weighted by Crippen LogP contribution is -2.30. The number of nitrogens with one attached hydrogen (secondary N) is 1. The van der Waals surface area contributed by atoms with E-state index < -0.39 is 16.9 Å². The maximum atomic E-state index is 12.2. The van der Waals surface area contributed by atoms with E-state index in [0.29, 0.717) is 16.8 Å². The van der Waals surface area contributed by atoms with E-state index in [1.54, 1.807) is 13.0 Å². The maximum absolute atomic E-state index is 12.2. The Hall–Kier alpha value is -3.11. The predicted molar refractivity (Wildman–Crippen MR) is 92.7 cm³/mol. The number of nitro benzene ring substituents is 1. The summed E-state index contributed by atoms with van der Waals surface area (Å²) in [7, 11) is 0. The van der Waals surface area contributed by atoms with Crippen LogP contribution in [0.4, 0.5) is 11.4 Å². The van der Waals surface area contributed by atoms with Gasteiger partial charge in [0, 0.05) is 11.8 Å². The number of hydrogen-bond acceptors (Lipinski definition) is 5. The van der Waals surface area contributed by atoms with Crippen LogP contribution in [0, 0.1) is 28.4 Å². The molecule has 0 aliphatic carbocycles. The van der Waals surface area contributed by atoms with Crippen molar-refractivity contribution in [3.05, 3.63) is 62.7 Å². The second-order valence-electron chi connectivity index (χ2n) is 5.28. The molecule has 2 rings (SSSR count). The number of rotatable bonds is 5. The molecule has 0 bridgehead atoms. The number of hydrogen-bond donors (Lipinski definition) is 1. The van der Waals surface area contributed by atoms with Gasteiger partial charge in [0.2, 0.25) is 0 Å². The van der Waals surface area contributed by atoms with Gasteiger partial charge in [0.05, 0.1) is 15.5 Å². The van der Waals surface area contributed by atoms with Gasteiger partial charge in [-0.1, -0.05) is 17.7 Å². The van der Waals surface area contributed by atoms with Crippen LogP contribution in [0.25, 0.3) is 0 Å². The topological polar surface area (TPSA) is 105 Å². The lowest BCUT2D eigenvalue weighted by molar-refractivity contribution is -0.386. The second-order valence-corrected chi connectivity index (χ2v) is 5.69. The molecule has 0 saturated heterocycles. The highest BCUT2D eigenvalue weighted by atomic mass is 35.5. The predicted octanol–water partition coefficient (Wildman–Crippen LogP) is 3.83. The zero-order valence-corrected chi connectivity index (χ0v) is 14.2. The minimum absolute atomic E-state index is 0.0103. The number of carbonyl (C=O) groups is 1. The lowest BCUT2D eigenvalue weighted by atomic mass is 10.2. The molecule has 0 heterocycles. The highest BCUT2D eigenvalue weighted by Crippen LogP contribution is 2.29. The Kier molecular flexibility index (Phi) is 5.57. The van der Waals surface area contributed by atoms with Crippen LogP contribution in [0.2, 0.25) is 5.02 Å². The van der Waals surface area contributed by atoms with E-state index in [2.05, 4.69) is 5.32 Å². The largest absolute Gasteiger partial charge is 0.474 e. The van der Waals surface area contributed by atoms with Crippen molar-refractivity contribution < 1.29 is 14.5 Å². The Morgan fingerprint density at radius 3 is 2.68 bits per heavy atom. The number of nitrogens with zero attached hydrogens (tertiary/aromatic N) is 2. The van der Waals surface area contributed by atoms with Gasteiger partial charge in [-0.15, -0.1) is 0 Å². The van der Waals surface area contributed by atoms with Crippen molar-refractivity contribution in [2.75, 3.05) is 5.32 Å². The van der Waals surface area contributed by atoms with Gasteiger partial charge < -0.3 is 10.1 Å². The fourth-order valence-electron chi connectivity index (χ4n) is 2.04. The minimum atomic E-state index is -0.976. The SMILES string of the molecule is Cc1ccc(O[C@H](C)C(=O)Nc2ccc(C#N)c(Cl)c2)c([N+](=O)[O-])c1. The van der Waals surface area contributed by atoms with Crippen molar-refractivity contribution in [1.82, 2.24) is 0 Å². The van der Waals surface area contributed by atoms with Crippen LogP contribution in [-0.4, -0.2) is 16.9 Å². The molecule has 8 heteroatoms. The molecule has 0 aliphatic heterocycles. The Labute approximate surface area is 148 Å². The molecule has 2 aromatic rings. The van der Waals surface area contributed by atoms with Gasteiger partial charge in [-0.3, -0.25) is 14.9 Å². The molecule has 7 nitrogen and oxygen atoms in total. The third kappa shape index (κ3) is 4.46. The number of nitro groups is 1. The molecule has 2 aromatic carbocycles. The molecular weight excluding hydrogens is 346 g/mol. The maximum Gasteiger partial charge on any atom is 0.311 e. The Morgan fingerprint density at radius 2 is 2.08 bits per heavy atom. The van der Waals surface area contributed by atoms with Crippen LogP contribution in [0.15, 0.2) is 36.4 Å². The summed E-state index contributed by atoms with van der Waals surface area (Å²) in [6.45, 7) is 3.20. The first-order chi connectivity index (χ1) is 11.8. The smallest absolute Gasteiger partial charge is 0.311 e. The summed E-state index contributed by atoms with van der Waals surface area (Å²) in [4.78, 5) is 22.8. The van der Waals surface area contributed by atoms with Gasteiger partial charge >= 0.3 is 5.69 Å². The molecule has 0 aliphatic rings. The first-order valence-electron chi connectivity index (χ1n) is 7.24. The second kappa shape index (κ2) is 7.64. The third-order valence-corrected chi connectivity index (χ3v) is 3.65. The molecule has 25 heavy (non-hydrogen) atoms. The first-order valence-corrected chi connectivity index (χ1v) is 7.62. The highest BCUT2D eigenvalue weighted by Gasteiger charge is 2.21. The number of halogens is 1. The van der Waals surface area contributed by atoms with Crippen LogP contribution in [-0.2, 0) is 4.79 Å². The van der Waals surface area contributed by atoms with Crippen LogP contribution in [0.5, 0.6) is 5.75 Å². The summed E-state index contributed by atoms with van der Waals surface area (Å²) in [5.74, 6) is -0.494. The van der Waals surface area contributed by atoms with Crippen molar-refractivity contribution in [2.24, 2.45) is 0 Å². The summed E-state index contributed by atoms with van der Waals surface area (Å²) in [5, 5.41) is 22.7.